The van der Waals surface area contributed by atoms with Gasteiger partial charge in [-0.25, -0.2) is 4.39 Å². The standard InChI is InChI=1S/C13H14BrFN2O2/c14-10-7-9(3-4-11(10)15)13(19)17-6-5-16-12(18)8-1-2-8/h3-4,7-8H,1-2,5-6H2,(H,16,18)(H,17,19). The molecule has 0 saturated heterocycles. The Bertz CT molecular complexity index is 503. The van der Waals surface area contributed by atoms with Gasteiger partial charge in [0.1, 0.15) is 5.82 Å². The summed E-state index contributed by atoms with van der Waals surface area (Å²) in [6.45, 7) is 0.760. The Morgan fingerprint density at radius 3 is 2.58 bits per heavy atom. The van der Waals surface area contributed by atoms with E-state index in [4.69, 9.17) is 0 Å². The quantitative estimate of drug-likeness (QED) is 0.810. The van der Waals surface area contributed by atoms with Crippen LogP contribution in [0.2, 0.25) is 0 Å². The van der Waals surface area contributed by atoms with Crippen molar-refractivity contribution < 1.29 is 14.0 Å². The molecule has 19 heavy (non-hydrogen) atoms. The third kappa shape index (κ3) is 4.02. The molecule has 1 saturated carbocycles. The van der Waals surface area contributed by atoms with E-state index < -0.39 is 5.82 Å². The summed E-state index contributed by atoms with van der Waals surface area (Å²) in [5, 5.41) is 5.41. The van der Waals surface area contributed by atoms with E-state index in [1.54, 1.807) is 0 Å². The molecule has 102 valence electrons. The van der Waals surface area contributed by atoms with Gasteiger partial charge in [0, 0.05) is 24.6 Å². The predicted molar refractivity (Wildman–Crippen MR) is 72.2 cm³/mol. The molecule has 1 aromatic carbocycles. The SMILES string of the molecule is O=C(NCCNC(=O)C1CC1)c1ccc(F)c(Br)c1. The van der Waals surface area contributed by atoms with E-state index >= 15 is 0 Å². The van der Waals surface area contributed by atoms with Crippen LogP contribution in [0.4, 0.5) is 4.39 Å². The predicted octanol–water partition coefficient (Wildman–Crippen LogP) is 1.84. The van der Waals surface area contributed by atoms with Crippen molar-refractivity contribution in [2.24, 2.45) is 5.92 Å². The van der Waals surface area contributed by atoms with Gasteiger partial charge >= 0.3 is 0 Å². The van der Waals surface area contributed by atoms with Gasteiger partial charge in [0.2, 0.25) is 5.91 Å². The molecule has 0 atom stereocenters. The minimum absolute atomic E-state index is 0.0544. The van der Waals surface area contributed by atoms with Crippen LogP contribution in [0.15, 0.2) is 22.7 Å². The van der Waals surface area contributed by atoms with Crippen molar-refractivity contribution in [2.75, 3.05) is 13.1 Å². The molecule has 0 spiro atoms. The Hall–Kier alpha value is -1.43. The smallest absolute Gasteiger partial charge is 0.251 e. The second kappa shape index (κ2) is 6.14. The van der Waals surface area contributed by atoms with Crippen LogP contribution in [0.5, 0.6) is 0 Å². The van der Waals surface area contributed by atoms with Gasteiger partial charge in [-0.2, -0.15) is 0 Å². The molecule has 0 heterocycles. The molecule has 1 aliphatic rings. The maximum atomic E-state index is 13.0. The highest BCUT2D eigenvalue weighted by atomic mass is 79.9. The number of hydrogen-bond acceptors (Lipinski definition) is 2. The summed E-state index contributed by atoms with van der Waals surface area (Å²) in [5.41, 5.74) is 0.377. The minimum Gasteiger partial charge on any atom is -0.354 e. The lowest BCUT2D eigenvalue weighted by Crippen LogP contribution is -2.35. The molecule has 0 bridgehead atoms. The fourth-order valence-electron chi connectivity index (χ4n) is 1.59. The monoisotopic (exact) mass is 328 g/mol. The Labute approximate surface area is 118 Å². The first kappa shape index (κ1) is 14.0. The third-order valence-corrected chi connectivity index (χ3v) is 3.45. The average molecular weight is 329 g/mol. The number of amides is 2. The van der Waals surface area contributed by atoms with Crippen LogP contribution >= 0.6 is 15.9 Å². The third-order valence-electron chi connectivity index (χ3n) is 2.84. The highest BCUT2D eigenvalue weighted by Crippen LogP contribution is 2.28. The molecule has 6 heteroatoms. The summed E-state index contributed by atoms with van der Waals surface area (Å²) in [6.07, 6.45) is 1.92. The number of carbonyl (C=O) groups is 2. The van der Waals surface area contributed by atoms with Gasteiger partial charge in [0.25, 0.3) is 5.91 Å². The first-order valence-electron chi connectivity index (χ1n) is 6.09. The van der Waals surface area contributed by atoms with Crippen molar-refractivity contribution in [1.82, 2.24) is 10.6 Å². The van der Waals surface area contributed by atoms with E-state index in [0.717, 1.165) is 12.8 Å². The molecule has 0 aromatic heterocycles. The fourth-order valence-corrected chi connectivity index (χ4v) is 1.97. The Morgan fingerprint density at radius 2 is 1.95 bits per heavy atom. The first-order chi connectivity index (χ1) is 9.08. The average Bonchev–Trinajstić information content (AvgIpc) is 3.21. The molecule has 1 fully saturated rings. The summed E-state index contributed by atoms with van der Waals surface area (Å²) in [5.74, 6) is -0.475. The van der Waals surface area contributed by atoms with E-state index in [-0.39, 0.29) is 22.2 Å². The largest absolute Gasteiger partial charge is 0.354 e. The Kier molecular flexibility index (Phi) is 4.52. The number of carbonyl (C=O) groups excluding carboxylic acids is 2. The first-order valence-corrected chi connectivity index (χ1v) is 6.88. The Morgan fingerprint density at radius 1 is 1.26 bits per heavy atom. The van der Waals surface area contributed by atoms with Crippen LogP contribution in [0.3, 0.4) is 0 Å². The molecule has 4 nitrogen and oxygen atoms in total. The van der Waals surface area contributed by atoms with Crippen LogP contribution in [-0.2, 0) is 4.79 Å². The maximum absolute atomic E-state index is 13.0. The van der Waals surface area contributed by atoms with Crippen LogP contribution in [-0.4, -0.2) is 24.9 Å². The van der Waals surface area contributed by atoms with Gasteiger partial charge in [-0.1, -0.05) is 0 Å². The van der Waals surface area contributed by atoms with E-state index in [1.165, 1.54) is 18.2 Å². The number of rotatable bonds is 5. The van der Waals surface area contributed by atoms with Crippen molar-refractivity contribution in [3.8, 4) is 0 Å². The van der Waals surface area contributed by atoms with Gasteiger partial charge in [-0.05, 0) is 47.0 Å². The zero-order valence-corrected chi connectivity index (χ0v) is 11.8. The maximum Gasteiger partial charge on any atom is 0.251 e. The molecule has 0 aliphatic heterocycles. The highest BCUT2D eigenvalue weighted by molar-refractivity contribution is 9.10. The lowest BCUT2D eigenvalue weighted by molar-refractivity contribution is -0.122. The van der Waals surface area contributed by atoms with E-state index in [2.05, 4.69) is 26.6 Å². The lowest BCUT2D eigenvalue weighted by atomic mass is 10.2. The molecule has 1 aliphatic carbocycles. The second-order valence-corrected chi connectivity index (χ2v) is 5.30. The number of benzene rings is 1. The molecular formula is C13H14BrFN2O2. The van der Waals surface area contributed by atoms with Gasteiger partial charge in [-0.3, -0.25) is 9.59 Å². The van der Waals surface area contributed by atoms with Crippen molar-refractivity contribution in [2.45, 2.75) is 12.8 Å². The van der Waals surface area contributed by atoms with Gasteiger partial charge in [0.05, 0.1) is 4.47 Å². The molecule has 0 unspecified atom stereocenters. The van der Waals surface area contributed by atoms with Crippen LogP contribution in [0.1, 0.15) is 23.2 Å². The molecule has 2 amide bonds. The van der Waals surface area contributed by atoms with Crippen molar-refractivity contribution >= 4 is 27.7 Å². The lowest BCUT2D eigenvalue weighted by Gasteiger charge is -2.07. The zero-order chi connectivity index (χ0) is 13.8. The molecule has 2 N–H and O–H groups in total. The molecule has 1 aromatic rings. The molecule has 2 rings (SSSR count). The summed E-state index contributed by atoms with van der Waals surface area (Å²) in [6, 6.07) is 4.07. The normalized spacial score (nSPS) is 14.0. The van der Waals surface area contributed by atoms with Crippen LogP contribution < -0.4 is 10.6 Å². The summed E-state index contributed by atoms with van der Waals surface area (Å²) >= 11 is 3.03. The summed E-state index contributed by atoms with van der Waals surface area (Å²) in [7, 11) is 0. The molecular weight excluding hydrogens is 315 g/mol. The summed E-state index contributed by atoms with van der Waals surface area (Å²) in [4.78, 5) is 23.1. The summed E-state index contributed by atoms with van der Waals surface area (Å²) < 4.78 is 13.3. The van der Waals surface area contributed by atoms with E-state index in [1.807, 2.05) is 0 Å². The van der Waals surface area contributed by atoms with E-state index in [0.29, 0.717) is 18.7 Å². The Balaban J connectivity index is 1.74. The van der Waals surface area contributed by atoms with Gasteiger partial charge in [0.15, 0.2) is 0 Å². The number of nitrogens with one attached hydrogen (secondary N) is 2. The molecule has 0 radical (unpaired) electrons. The number of hydrogen-bond donors (Lipinski definition) is 2. The van der Waals surface area contributed by atoms with Gasteiger partial charge in [-0.15, -0.1) is 0 Å². The zero-order valence-electron chi connectivity index (χ0n) is 10.2. The van der Waals surface area contributed by atoms with Crippen molar-refractivity contribution in [3.05, 3.63) is 34.1 Å². The minimum atomic E-state index is -0.409. The second-order valence-electron chi connectivity index (χ2n) is 4.45. The van der Waals surface area contributed by atoms with Crippen molar-refractivity contribution in [1.29, 1.82) is 0 Å². The highest BCUT2D eigenvalue weighted by Gasteiger charge is 2.28. The topological polar surface area (TPSA) is 58.2 Å². The van der Waals surface area contributed by atoms with Crippen molar-refractivity contribution in [3.63, 3.8) is 0 Å². The number of halogens is 2. The van der Waals surface area contributed by atoms with Crippen LogP contribution in [0.25, 0.3) is 0 Å². The van der Waals surface area contributed by atoms with Crippen LogP contribution in [0, 0.1) is 11.7 Å². The fraction of sp³-hybridized carbons (Fsp3) is 0.385. The van der Waals surface area contributed by atoms with E-state index in [9.17, 15) is 14.0 Å². The van der Waals surface area contributed by atoms with Gasteiger partial charge < -0.3 is 10.6 Å².